The van der Waals surface area contributed by atoms with Gasteiger partial charge in [-0.1, -0.05) is 30.3 Å². The van der Waals surface area contributed by atoms with Gasteiger partial charge in [-0.05, 0) is 35.7 Å². The highest BCUT2D eigenvalue weighted by molar-refractivity contribution is 7.89. The molecule has 0 aliphatic heterocycles. The number of nitrogens with one attached hydrogen (secondary N) is 1. The lowest BCUT2D eigenvalue weighted by molar-refractivity contribution is -0.142. The summed E-state index contributed by atoms with van der Waals surface area (Å²) in [5.41, 5.74) is 10.5. The van der Waals surface area contributed by atoms with Gasteiger partial charge >= 0.3 is 5.97 Å². The van der Waals surface area contributed by atoms with Gasteiger partial charge in [-0.25, -0.2) is 8.42 Å². The van der Waals surface area contributed by atoms with E-state index >= 15 is 0 Å². The van der Waals surface area contributed by atoms with E-state index in [9.17, 15) is 13.2 Å². The fourth-order valence-electron chi connectivity index (χ4n) is 2.46. The number of benzene rings is 2. The minimum absolute atomic E-state index is 0.0589. The lowest BCUT2D eigenvalue weighted by Crippen LogP contribution is -2.41. The SMILES string of the molecule is COC(=O)[C@H](CCCN=C(N)N)NS(=O)(=O)c1ccc2ccccc2c1. The number of methoxy groups -OCH3 is 1. The predicted octanol–water partition coefficient (Wildman–Crippen LogP) is 0.713. The number of fused-ring (bicyclic) bond motifs is 1. The highest BCUT2D eigenvalue weighted by atomic mass is 32.2. The zero-order valence-electron chi connectivity index (χ0n) is 14.4. The van der Waals surface area contributed by atoms with Gasteiger partial charge in [0.25, 0.3) is 0 Å². The van der Waals surface area contributed by atoms with Gasteiger partial charge < -0.3 is 16.2 Å². The standard InChI is InChI=1S/C17H22N4O4S/c1-25-16(22)15(7-4-10-20-17(18)19)21-26(23,24)14-9-8-12-5-2-3-6-13(12)11-14/h2-3,5-6,8-9,11,15,21H,4,7,10H2,1H3,(H4,18,19,20)/t15-/m0/s1. The number of aliphatic imine (C=N–C) groups is 1. The Morgan fingerprint density at radius 1 is 1.19 bits per heavy atom. The first-order valence-electron chi connectivity index (χ1n) is 7.98. The number of nitrogens with zero attached hydrogens (tertiary/aromatic N) is 1. The summed E-state index contributed by atoms with van der Waals surface area (Å²) in [7, 11) is -2.69. The maximum Gasteiger partial charge on any atom is 0.323 e. The molecule has 0 aliphatic carbocycles. The van der Waals surface area contributed by atoms with Gasteiger partial charge in [0, 0.05) is 6.54 Å². The molecule has 2 aromatic carbocycles. The summed E-state index contributed by atoms with van der Waals surface area (Å²) in [6.45, 7) is 0.285. The molecule has 9 heteroatoms. The molecule has 0 heterocycles. The third kappa shape index (κ3) is 5.17. The molecule has 26 heavy (non-hydrogen) atoms. The van der Waals surface area contributed by atoms with Crippen molar-refractivity contribution in [3.8, 4) is 0 Å². The van der Waals surface area contributed by atoms with E-state index in [0.29, 0.717) is 6.42 Å². The van der Waals surface area contributed by atoms with Crippen LogP contribution < -0.4 is 16.2 Å². The summed E-state index contributed by atoms with van der Waals surface area (Å²) < 4.78 is 32.4. The van der Waals surface area contributed by atoms with Crippen LogP contribution >= 0.6 is 0 Å². The minimum atomic E-state index is -3.90. The Labute approximate surface area is 152 Å². The van der Waals surface area contributed by atoms with Crippen LogP contribution in [0.15, 0.2) is 52.4 Å². The molecule has 5 N–H and O–H groups in total. The topological polar surface area (TPSA) is 137 Å². The van der Waals surface area contributed by atoms with Crippen LogP contribution in [-0.2, 0) is 19.6 Å². The number of guanidine groups is 1. The molecule has 0 saturated heterocycles. The second-order valence-corrected chi connectivity index (χ2v) is 7.37. The first-order valence-corrected chi connectivity index (χ1v) is 9.46. The van der Waals surface area contributed by atoms with Crippen LogP contribution in [0.5, 0.6) is 0 Å². The van der Waals surface area contributed by atoms with Gasteiger partial charge in [0.05, 0.1) is 12.0 Å². The van der Waals surface area contributed by atoms with Crippen molar-refractivity contribution in [2.75, 3.05) is 13.7 Å². The Kier molecular flexibility index (Phi) is 6.53. The molecule has 1 atom stereocenters. The average molecular weight is 378 g/mol. The van der Waals surface area contributed by atoms with E-state index in [0.717, 1.165) is 10.8 Å². The summed E-state index contributed by atoms with van der Waals surface area (Å²) in [6, 6.07) is 11.2. The maximum absolute atomic E-state index is 12.7. The van der Waals surface area contributed by atoms with Gasteiger partial charge in [-0.15, -0.1) is 0 Å². The molecule has 2 aromatic rings. The number of nitrogens with two attached hydrogens (primary N) is 2. The molecule has 0 amide bonds. The Bertz CT molecular complexity index is 908. The second-order valence-electron chi connectivity index (χ2n) is 5.65. The minimum Gasteiger partial charge on any atom is -0.468 e. The van der Waals surface area contributed by atoms with Gasteiger partial charge in [0.15, 0.2) is 5.96 Å². The van der Waals surface area contributed by atoms with Crippen LogP contribution in [0.3, 0.4) is 0 Å². The van der Waals surface area contributed by atoms with E-state index in [-0.39, 0.29) is 23.8 Å². The highest BCUT2D eigenvalue weighted by Crippen LogP contribution is 2.19. The van der Waals surface area contributed by atoms with E-state index in [4.69, 9.17) is 16.2 Å². The Morgan fingerprint density at radius 3 is 2.54 bits per heavy atom. The number of esters is 1. The van der Waals surface area contributed by atoms with Gasteiger partial charge in [-0.3, -0.25) is 9.79 Å². The molecule has 8 nitrogen and oxygen atoms in total. The molecular formula is C17H22N4O4S. The maximum atomic E-state index is 12.7. The fraction of sp³-hybridized carbons (Fsp3) is 0.294. The van der Waals surface area contributed by atoms with E-state index in [1.54, 1.807) is 12.1 Å². The molecule has 0 aromatic heterocycles. The first-order chi connectivity index (χ1) is 12.3. The van der Waals surface area contributed by atoms with Gasteiger partial charge in [0.2, 0.25) is 10.0 Å². The van der Waals surface area contributed by atoms with E-state index in [1.165, 1.54) is 13.2 Å². The number of ether oxygens (including phenoxy) is 1. The Hall–Kier alpha value is -2.65. The van der Waals surface area contributed by atoms with Crippen LogP contribution in [0.25, 0.3) is 10.8 Å². The molecule has 2 rings (SSSR count). The molecule has 0 bridgehead atoms. The van der Waals surface area contributed by atoms with Gasteiger partial charge in [-0.2, -0.15) is 4.72 Å². The highest BCUT2D eigenvalue weighted by Gasteiger charge is 2.26. The van der Waals surface area contributed by atoms with Crippen LogP contribution in [-0.4, -0.2) is 40.0 Å². The van der Waals surface area contributed by atoms with Crippen LogP contribution in [0.1, 0.15) is 12.8 Å². The number of rotatable bonds is 8. The van der Waals surface area contributed by atoms with Crippen molar-refractivity contribution in [1.29, 1.82) is 0 Å². The lowest BCUT2D eigenvalue weighted by Gasteiger charge is -2.16. The first kappa shape index (κ1) is 19.7. The predicted molar refractivity (Wildman–Crippen MR) is 100.0 cm³/mol. The molecule has 0 fully saturated rings. The molecule has 0 unspecified atom stereocenters. The van der Waals surface area contributed by atoms with Gasteiger partial charge in [0.1, 0.15) is 6.04 Å². The molecule has 0 radical (unpaired) electrons. The quantitative estimate of drug-likeness (QED) is 0.268. The number of sulfonamides is 1. The molecule has 140 valence electrons. The second kappa shape index (κ2) is 8.63. The monoisotopic (exact) mass is 378 g/mol. The van der Waals surface area contributed by atoms with Crippen molar-refractivity contribution in [1.82, 2.24) is 4.72 Å². The van der Waals surface area contributed by atoms with Crippen molar-refractivity contribution in [3.05, 3.63) is 42.5 Å². The molecular weight excluding hydrogens is 356 g/mol. The largest absolute Gasteiger partial charge is 0.468 e. The Morgan fingerprint density at radius 2 is 1.88 bits per heavy atom. The van der Waals surface area contributed by atoms with Crippen molar-refractivity contribution < 1.29 is 17.9 Å². The van der Waals surface area contributed by atoms with Crippen LogP contribution in [0, 0.1) is 0 Å². The number of hydrogen-bond acceptors (Lipinski definition) is 5. The molecule has 0 spiro atoms. The lowest BCUT2D eigenvalue weighted by atomic mass is 10.1. The molecule has 0 aliphatic rings. The third-order valence-corrected chi connectivity index (χ3v) is 5.23. The zero-order chi connectivity index (χ0) is 19.2. The number of hydrogen-bond donors (Lipinski definition) is 3. The van der Waals surface area contributed by atoms with Crippen LogP contribution in [0.4, 0.5) is 0 Å². The summed E-state index contributed by atoms with van der Waals surface area (Å²) in [4.78, 5) is 15.8. The summed E-state index contributed by atoms with van der Waals surface area (Å²) in [5, 5.41) is 1.71. The van der Waals surface area contributed by atoms with Crippen molar-refractivity contribution in [2.45, 2.75) is 23.8 Å². The average Bonchev–Trinajstić information content (AvgIpc) is 2.62. The van der Waals surface area contributed by atoms with Crippen molar-refractivity contribution in [3.63, 3.8) is 0 Å². The normalized spacial score (nSPS) is 12.5. The number of carbonyl (C=O) groups excluding carboxylic acids is 1. The smallest absolute Gasteiger partial charge is 0.323 e. The Balaban J connectivity index is 2.18. The van der Waals surface area contributed by atoms with E-state index in [2.05, 4.69) is 9.71 Å². The van der Waals surface area contributed by atoms with Crippen molar-refractivity contribution in [2.24, 2.45) is 16.5 Å². The zero-order valence-corrected chi connectivity index (χ0v) is 15.2. The van der Waals surface area contributed by atoms with E-state index < -0.39 is 22.0 Å². The van der Waals surface area contributed by atoms with Crippen LogP contribution in [0.2, 0.25) is 0 Å². The van der Waals surface area contributed by atoms with E-state index in [1.807, 2.05) is 24.3 Å². The summed E-state index contributed by atoms with van der Waals surface area (Å²) in [6.07, 6.45) is 0.619. The third-order valence-electron chi connectivity index (χ3n) is 3.76. The summed E-state index contributed by atoms with van der Waals surface area (Å²) >= 11 is 0. The molecule has 0 saturated carbocycles. The van der Waals surface area contributed by atoms with Crippen molar-refractivity contribution >= 4 is 32.7 Å². The number of carbonyl (C=O) groups is 1. The summed E-state index contributed by atoms with van der Waals surface area (Å²) in [5.74, 6) is -0.726. The fourth-order valence-corrected chi connectivity index (χ4v) is 3.71.